The summed E-state index contributed by atoms with van der Waals surface area (Å²) in [5, 5.41) is 36.2. The van der Waals surface area contributed by atoms with Crippen LogP contribution in [0.25, 0.3) is 5.52 Å². The van der Waals surface area contributed by atoms with Crippen molar-refractivity contribution in [3.63, 3.8) is 0 Å². The van der Waals surface area contributed by atoms with Crippen molar-refractivity contribution >= 4 is 19.2 Å². The van der Waals surface area contributed by atoms with Crippen molar-refractivity contribution in [2.24, 2.45) is 0 Å². The summed E-state index contributed by atoms with van der Waals surface area (Å²) in [6, 6.07) is 5.00. The summed E-state index contributed by atoms with van der Waals surface area (Å²) in [6.07, 6.45) is 16.8. The molecule has 1 saturated carbocycles. The highest BCUT2D eigenvalue weighted by atomic mass is 31.2. The van der Waals surface area contributed by atoms with E-state index in [0.29, 0.717) is 12.1 Å². The molecule has 0 amide bonds. The molecule has 1 saturated heterocycles. The molecule has 5 N–H and O–H groups in total. The molecule has 14 nitrogen and oxygen atoms in total. The van der Waals surface area contributed by atoms with E-state index >= 15 is 0 Å². The van der Waals surface area contributed by atoms with Crippen LogP contribution in [0.1, 0.15) is 122 Å². The Morgan fingerprint density at radius 2 is 1.60 bits per heavy atom. The molecule has 1 aliphatic heterocycles. The van der Waals surface area contributed by atoms with Crippen molar-refractivity contribution in [3.05, 3.63) is 24.2 Å². The van der Waals surface area contributed by atoms with Crippen LogP contribution in [-0.2, 0) is 33.4 Å². The first kappa shape index (κ1) is 40.6. The van der Waals surface area contributed by atoms with Gasteiger partial charge in [0.25, 0.3) is 0 Å². The molecule has 7 atom stereocenters. The molecule has 1 aliphatic carbocycles. The smallest absolute Gasteiger partial charge is 0.387 e. The highest BCUT2D eigenvalue weighted by Gasteiger charge is 2.76. The van der Waals surface area contributed by atoms with E-state index in [9.17, 15) is 24.9 Å². The fourth-order valence-electron chi connectivity index (χ4n) is 6.79. The zero-order valence-electron chi connectivity index (χ0n) is 29.8. The van der Waals surface area contributed by atoms with Gasteiger partial charge in [-0.1, -0.05) is 103 Å². The Labute approximate surface area is 296 Å². The van der Waals surface area contributed by atoms with Gasteiger partial charge in [-0.25, -0.2) is 14.1 Å². The maximum atomic E-state index is 12.8. The third kappa shape index (κ3) is 10.5. The van der Waals surface area contributed by atoms with Gasteiger partial charge in [-0.3, -0.25) is 9.05 Å². The number of phosphoric ester groups is 1. The Balaban J connectivity index is 1.08. The highest BCUT2D eigenvalue weighted by molar-refractivity contribution is 7.47. The number of aliphatic hydroxyl groups excluding tert-OH is 2. The van der Waals surface area contributed by atoms with Crippen molar-refractivity contribution in [2.75, 3.05) is 32.7 Å². The monoisotopic (exact) mass is 723 g/mol. The number of hydrogen-bond acceptors (Lipinski definition) is 12. The summed E-state index contributed by atoms with van der Waals surface area (Å²) < 4.78 is 41.8. The fraction of sp³-hybridized carbons (Fsp3) is 0.800. The Hall–Kier alpha value is -2.18. The molecule has 1 spiro atoms. The largest absolute Gasteiger partial charge is 0.472 e. The number of unbranched alkanes of at least 4 members (excludes halogenated alkanes) is 15. The molecule has 0 aromatic carbocycles. The van der Waals surface area contributed by atoms with Crippen molar-refractivity contribution in [1.29, 1.82) is 5.26 Å². The van der Waals surface area contributed by atoms with Gasteiger partial charge in [0.05, 0.1) is 18.9 Å². The van der Waals surface area contributed by atoms with Crippen LogP contribution in [-0.4, -0.2) is 86.7 Å². The van der Waals surface area contributed by atoms with E-state index in [1.165, 1.54) is 114 Å². The van der Waals surface area contributed by atoms with Crippen molar-refractivity contribution in [3.8, 4) is 6.07 Å². The van der Waals surface area contributed by atoms with E-state index in [1.807, 2.05) is 6.07 Å². The van der Waals surface area contributed by atoms with Crippen LogP contribution in [0.15, 0.2) is 18.5 Å². The first-order valence-electron chi connectivity index (χ1n) is 18.5. The SMILES string of the molecule is CCCCCCCCCCCCCCCCCCOC[C@H](COP(=O)(O)O[C@@H]1C[C@@]12O[C@@](C#N)(c1ccc3c(N)ncnn13)[C@H](O)[C@@H]2O)OC. The normalized spacial score (nSPS) is 26.4. The minimum absolute atomic E-state index is 0.0564. The molecule has 2 aromatic rings. The van der Waals surface area contributed by atoms with E-state index in [-0.39, 0.29) is 31.1 Å². The van der Waals surface area contributed by atoms with Crippen LogP contribution in [0.4, 0.5) is 5.82 Å². The molecule has 4 rings (SSSR count). The standard InChI is InChI=1S/C35H58N5O9P/c1-3-4-5-6-7-8-9-10-11-12-13-14-15-16-17-18-21-46-23-27(45-2)24-47-50(43,44)48-30-22-34(30)31(41)32(42)35(25-36,49-34)29-20-19-28-33(37)38-26-39-40(28)29/h19-20,26-27,30-32,41-42H,3-18,21-24H2,1-2H3,(H,43,44)(H2,37,38,39)/t27-,30-,31+,32-,34-,35+/m1/s1. The molecule has 50 heavy (non-hydrogen) atoms. The lowest BCUT2D eigenvalue weighted by Crippen LogP contribution is -2.41. The van der Waals surface area contributed by atoms with Gasteiger partial charge >= 0.3 is 7.82 Å². The number of aromatic nitrogens is 3. The second kappa shape index (κ2) is 19.6. The van der Waals surface area contributed by atoms with Gasteiger partial charge in [0, 0.05) is 20.1 Å². The number of methoxy groups -OCH3 is 1. The third-order valence-corrected chi connectivity index (χ3v) is 10.9. The van der Waals surface area contributed by atoms with E-state index in [0.717, 1.165) is 12.8 Å². The van der Waals surface area contributed by atoms with Gasteiger partial charge < -0.3 is 35.1 Å². The molecule has 0 bridgehead atoms. The lowest BCUT2D eigenvalue weighted by atomic mass is 9.92. The molecule has 2 aliphatic rings. The Kier molecular flexibility index (Phi) is 15.9. The Morgan fingerprint density at radius 1 is 1.00 bits per heavy atom. The van der Waals surface area contributed by atoms with Gasteiger partial charge in [-0.05, 0) is 18.6 Å². The minimum atomic E-state index is -4.65. The number of rotatable bonds is 26. The predicted octanol–water partition coefficient (Wildman–Crippen LogP) is 5.72. The van der Waals surface area contributed by atoms with Crippen LogP contribution in [0.3, 0.4) is 0 Å². The summed E-state index contributed by atoms with van der Waals surface area (Å²) in [5.74, 6) is 0.146. The lowest BCUT2D eigenvalue weighted by molar-refractivity contribution is -0.0766. The first-order valence-corrected chi connectivity index (χ1v) is 20.0. The highest BCUT2D eigenvalue weighted by Crippen LogP contribution is 2.62. The van der Waals surface area contributed by atoms with E-state index in [4.69, 9.17) is 29.0 Å². The number of aliphatic hydroxyl groups is 2. The Morgan fingerprint density at radius 3 is 2.18 bits per heavy atom. The molecule has 15 heteroatoms. The number of phosphoric acid groups is 1. The topological polar surface area (TPSA) is 204 Å². The lowest BCUT2D eigenvalue weighted by Gasteiger charge is -2.24. The number of hydrogen-bond donors (Lipinski definition) is 4. The van der Waals surface area contributed by atoms with Crippen LogP contribution in [0, 0.1) is 11.3 Å². The van der Waals surface area contributed by atoms with Crippen molar-refractivity contribution in [2.45, 2.75) is 152 Å². The average Bonchev–Trinajstić information content (AvgIpc) is 3.48. The number of fused-ring (bicyclic) bond motifs is 1. The first-order chi connectivity index (χ1) is 24.1. The average molecular weight is 724 g/mol. The van der Waals surface area contributed by atoms with Crippen LogP contribution in [0.5, 0.6) is 0 Å². The van der Waals surface area contributed by atoms with Gasteiger partial charge in [-0.15, -0.1) is 0 Å². The summed E-state index contributed by atoms with van der Waals surface area (Å²) in [4.78, 5) is 14.4. The summed E-state index contributed by atoms with van der Waals surface area (Å²) in [5.41, 5.74) is 2.72. The molecule has 282 valence electrons. The zero-order valence-corrected chi connectivity index (χ0v) is 30.7. The van der Waals surface area contributed by atoms with Gasteiger partial charge in [0.15, 0.2) is 5.82 Å². The van der Waals surface area contributed by atoms with Crippen molar-refractivity contribution < 1.29 is 42.9 Å². The number of anilines is 1. The zero-order chi connectivity index (χ0) is 36.0. The third-order valence-electron chi connectivity index (χ3n) is 9.95. The van der Waals surface area contributed by atoms with Gasteiger partial charge in [0.2, 0.25) is 5.60 Å². The number of nitriles is 1. The number of nitrogens with zero attached hydrogens (tertiary/aromatic N) is 4. The fourth-order valence-corrected chi connectivity index (χ4v) is 7.78. The molecule has 1 unspecified atom stereocenters. The molecule has 2 fully saturated rings. The minimum Gasteiger partial charge on any atom is -0.387 e. The second-order valence-corrected chi connectivity index (χ2v) is 15.2. The van der Waals surface area contributed by atoms with Gasteiger partial charge in [0.1, 0.15) is 47.9 Å². The summed E-state index contributed by atoms with van der Waals surface area (Å²) >= 11 is 0. The van der Waals surface area contributed by atoms with E-state index < -0.39 is 43.4 Å². The van der Waals surface area contributed by atoms with Crippen molar-refractivity contribution in [1.82, 2.24) is 14.6 Å². The summed E-state index contributed by atoms with van der Waals surface area (Å²) in [6.45, 7) is 2.73. The number of nitrogens with two attached hydrogens (primary N) is 1. The molecule has 3 heterocycles. The van der Waals surface area contributed by atoms with Crippen LogP contribution >= 0.6 is 7.82 Å². The summed E-state index contributed by atoms with van der Waals surface area (Å²) in [7, 11) is -3.19. The Bertz CT molecular complexity index is 1410. The quantitative estimate of drug-likeness (QED) is 0.0678. The molecular weight excluding hydrogens is 665 g/mol. The maximum absolute atomic E-state index is 12.8. The predicted molar refractivity (Wildman–Crippen MR) is 187 cm³/mol. The number of nitrogen functional groups attached to an aromatic ring is 1. The van der Waals surface area contributed by atoms with E-state index in [1.54, 1.807) is 6.07 Å². The maximum Gasteiger partial charge on any atom is 0.472 e. The van der Waals surface area contributed by atoms with E-state index in [2.05, 4.69) is 17.0 Å². The molecule has 2 aromatic heterocycles. The number of ether oxygens (including phenoxy) is 3. The van der Waals surface area contributed by atoms with Crippen LogP contribution in [0.2, 0.25) is 0 Å². The molecular formula is C35H58N5O9P. The van der Waals surface area contributed by atoms with Crippen LogP contribution < -0.4 is 5.73 Å². The molecule has 0 radical (unpaired) electrons. The second-order valence-electron chi connectivity index (χ2n) is 13.8. The van der Waals surface area contributed by atoms with Gasteiger partial charge in [-0.2, -0.15) is 10.4 Å².